The zero-order chi connectivity index (χ0) is 11.8. The third kappa shape index (κ3) is 2.74. The van der Waals surface area contributed by atoms with Gasteiger partial charge >= 0.3 is 0 Å². The molecule has 0 aliphatic carbocycles. The van der Waals surface area contributed by atoms with Gasteiger partial charge in [-0.25, -0.2) is 22.3 Å². The second-order valence-electron chi connectivity index (χ2n) is 2.48. The molecule has 0 atom stereocenters. The molecule has 84 valence electrons. The third-order valence-electron chi connectivity index (χ3n) is 1.47. The fourth-order valence-corrected chi connectivity index (χ4v) is 2.99. The first-order valence-corrected chi connectivity index (χ1v) is 6.40. The zero-order valence-corrected chi connectivity index (χ0v) is 10.6. The quantitative estimate of drug-likeness (QED) is 0.811. The predicted octanol–water partition coefficient (Wildman–Crippen LogP) is 1.92. The summed E-state index contributed by atoms with van der Waals surface area (Å²) in [5, 5.41) is 4.44. The lowest BCUT2D eigenvalue weighted by Crippen LogP contribution is -2.15. The normalized spacial score (nSPS) is 12.1. The van der Waals surface area contributed by atoms with E-state index in [1.165, 1.54) is 22.6 Å². The van der Waals surface area contributed by atoms with Crippen LogP contribution in [0.25, 0.3) is 0 Å². The van der Waals surface area contributed by atoms with Gasteiger partial charge in [0.2, 0.25) is 10.0 Å². The van der Waals surface area contributed by atoms with Gasteiger partial charge in [0, 0.05) is 6.20 Å². The second-order valence-corrected chi connectivity index (χ2v) is 5.47. The fraction of sp³-hybridized carbons (Fsp3) is 0.167. The average molecular weight is 369 g/mol. The van der Waals surface area contributed by atoms with Crippen molar-refractivity contribution >= 4 is 44.2 Å². The number of rotatable bonds is 2. The van der Waals surface area contributed by atoms with Crippen molar-refractivity contribution < 1.29 is 17.2 Å². The third-order valence-corrected chi connectivity index (χ3v) is 4.58. The van der Waals surface area contributed by atoms with E-state index in [2.05, 4.69) is 4.98 Å². The Labute approximate surface area is 103 Å². The van der Waals surface area contributed by atoms with Crippen molar-refractivity contribution in [1.29, 1.82) is 0 Å². The van der Waals surface area contributed by atoms with Crippen LogP contribution in [0, 0.1) is 3.57 Å². The number of nitrogens with zero attached hydrogens (tertiary/aromatic N) is 1. The molecule has 2 N–H and O–H groups in total. The van der Waals surface area contributed by atoms with E-state index in [0.717, 1.165) is 6.20 Å². The Morgan fingerprint density at radius 2 is 2.07 bits per heavy atom. The van der Waals surface area contributed by atoms with Crippen molar-refractivity contribution in [1.82, 2.24) is 4.98 Å². The summed E-state index contributed by atoms with van der Waals surface area (Å²) >= 11 is 7.05. The molecular weight excluding hydrogens is 364 g/mol. The fourth-order valence-electron chi connectivity index (χ4n) is 0.813. The minimum absolute atomic E-state index is 0.0536. The molecule has 0 fully saturated rings. The Morgan fingerprint density at radius 3 is 2.47 bits per heavy atom. The number of alkyl halides is 2. The summed E-state index contributed by atoms with van der Waals surface area (Å²) in [6.07, 6.45) is -2.09. The van der Waals surface area contributed by atoms with Gasteiger partial charge in [0.05, 0.1) is 8.59 Å². The standard InChI is InChI=1S/C6H4ClF2IN2O2S/c7-3-4(10)2(15(11,13)14)1-12-5(3)6(8)9/h1,6H,(H2,11,13,14). The van der Waals surface area contributed by atoms with E-state index in [9.17, 15) is 17.2 Å². The minimum atomic E-state index is -4.00. The number of hydrogen-bond acceptors (Lipinski definition) is 3. The summed E-state index contributed by atoms with van der Waals surface area (Å²) < 4.78 is 46.5. The van der Waals surface area contributed by atoms with E-state index in [-0.39, 0.29) is 8.47 Å². The number of sulfonamides is 1. The minimum Gasteiger partial charge on any atom is -0.252 e. The van der Waals surface area contributed by atoms with Crippen molar-refractivity contribution in [2.75, 3.05) is 0 Å². The summed E-state index contributed by atoms with van der Waals surface area (Å²) in [7, 11) is -4.00. The van der Waals surface area contributed by atoms with Gasteiger partial charge in [-0.15, -0.1) is 0 Å². The molecule has 0 spiro atoms. The molecule has 1 aromatic rings. The molecule has 1 rings (SSSR count). The lowest BCUT2D eigenvalue weighted by atomic mass is 10.3. The molecule has 0 aliphatic rings. The molecule has 0 bridgehead atoms. The highest BCUT2D eigenvalue weighted by molar-refractivity contribution is 14.1. The maximum absolute atomic E-state index is 12.3. The monoisotopic (exact) mass is 368 g/mol. The number of halogens is 4. The zero-order valence-electron chi connectivity index (χ0n) is 6.92. The summed E-state index contributed by atoms with van der Waals surface area (Å²) in [6.45, 7) is 0. The van der Waals surface area contributed by atoms with E-state index in [0.29, 0.717) is 0 Å². The summed E-state index contributed by atoms with van der Waals surface area (Å²) in [5.41, 5.74) is -0.659. The molecule has 1 aromatic heterocycles. The van der Waals surface area contributed by atoms with Crippen LogP contribution in [0.15, 0.2) is 11.1 Å². The van der Waals surface area contributed by atoms with Crippen molar-refractivity contribution in [3.63, 3.8) is 0 Å². The Morgan fingerprint density at radius 1 is 1.53 bits per heavy atom. The van der Waals surface area contributed by atoms with Crippen molar-refractivity contribution in [3.8, 4) is 0 Å². The molecule has 0 saturated heterocycles. The molecule has 0 amide bonds. The lowest BCUT2D eigenvalue weighted by molar-refractivity contribution is 0.146. The van der Waals surface area contributed by atoms with E-state index in [4.69, 9.17) is 16.7 Å². The van der Waals surface area contributed by atoms with Crippen LogP contribution >= 0.6 is 34.2 Å². The first-order valence-electron chi connectivity index (χ1n) is 3.40. The van der Waals surface area contributed by atoms with Crippen LogP contribution in [0.2, 0.25) is 5.02 Å². The Bertz CT molecular complexity index is 494. The first-order chi connectivity index (χ1) is 6.75. The molecule has 4 nitrogen and oxygen atoms in total. The number of aromatic nitrogens is 1. The van der Waals surface area contributed by atoms with Crippen LogP contribution in [0.4, 0.5) is 8.78 Å². The number of nitrogens with two attached hydrogens (primary N) is 1. The average Bonchev–Trinajstić information content (AvgIpc) is 2.06. The maximum Gasteiger partial charge on any atom is 0.281 e. The van der Waals surface area contributed by atoms with Crippen LogP contribution in [0.3, 0.4) is 0 Å². The van der Waals surface area contributed by atoms with E-state index >= 15 is 0 Å². The Kier molecular flexibility index (Phi) is 3.85. The van der Waals surface area contributed by atoms with Gasteiger partial charge in [-0.2, -0.15) is 0 Å². The number of hydrogen-bond donors (Lipinski definition) is 1. The molecular formula is C6H4ClF2IN2O2S. The predicted molar refractivity (Wildman–Crippen MR) is 58.3 cm³/mol. The van der Waals surface area contributed by atoms with E-state index in [1.807, 2.05) is 0 Å². The van der Waals surface area contributed by atoms with Crippen LogP contribution in [0.5, 0.6) is 0 Å². The van der Waals surface area contributed by atoms with Gasteiger partial charge in [0.15, 0.2) is 0 Å². The Balaban J connectivity index is 3.48. The molecule has 9 heteroatoms. The van der Waals surface area contributed by atoms with Crippen LogP contribution in [0.1, 0.15) is 12.1 Å². The van der Waals surface area contributed by atoms with Crippen molar-refractivity contribution in [2.24, 2.45) is 5.14 Å². The molecule has 1 heterocycles. The van der Waals surface area contributed by atoms with Gasteiger partial charge in [0.1, 0.15) is 10.6 Å². The maximum atomic E-state index is 12.3. The van der Waals surface area contributed by atoms with Gasteiger partial charge in [-0.1, -0.05) is 11.6 Å². The smallest absolute Gasteiger partial charge is 0.252 e. The summed E-state index contributed by atoms with van der Waals surface area (Å²) in [6, 6.07) is 0. The van der Waals surface area contributed by atoms with Crippen molar-refractivity contribution in [3.05, 3.63) is 20.5 Å². The van der Waals surface area contributed by atoms with E-state index < -0.39 is 27.2 Å². The summed E-state index contributed by atoms with van der Waals surface area (Å²) in [5.74, 6) is 0. The summed E-state index contributed by atoms with van der Waals surface area (Å²) in [4.78, 5) is 2.90. The molecule has 0 saturated carbocycles. The van der Waals surface area contributed by atoms with Crippen LogP contribution in [-0.2, 0) is 10.0 Å². The molecule has 0 radical (unpaired) electrons. The largest absolute Gasteiger partial charge is 0.281 e. The van der Waals surface area contributed by atoms with Gasteiger partial charge in [-0.3, -0.25) is 4.98 Å². The number of primary sulfonamides is 1. The topological polar surface area (TPSA) is 73.1 Å². The van der Waals surface area contributed by atoms with Gasteiger partial charge in [0.25, 0.3) is 6.43 Å². The molecule has 0 aromatic carbocycles. The van der Waals surface area contributed by atoms with E-state index in [1.54, 1.807) is 0 Å². The SMILES string of the molecule is NS(=O)(=O)c1cnc(C(F)F)c(Cl)c1I. The second kappa shape index (κ2) is 4.44. The van der Waals surface area contributed by atoms with Crippen molar-refractivity contribution in [2.45, 2.75) is 11.3 Å². The first kappa shape index (κ1) is 13.0. The highest BCUT2D eigenvalue weighted by atomic mass is 127. The highest BCUT2D eigenvalue weighted by Crippen LogP contribution is 2.31. The van der Waals surface area contributed by atoms with Gasteiger partial charge < -0.3 is 0 Å². The lowest BCUT2D eigenvalue weighted by Gasteiger charge is -2.07. The Hall–Kier alpha value is -0.0600. The number of pyridine rings is 1. The molecule has 15 heavy (non-hydrogen) atoms. The van der Waals surface area contributed by atoms with Crippen LogP contribution in [-0.4, -0.2) is 13.4 Å². The van der Waals surface area contributed by atoms with Gasteiger partial charge in [-0.05, 0) is 22.6 Å². The molecule has 0 aliphatic heterocycles. The van der Waals surface area contributed by atoms with Crippen LogP contribution < -0.4 is 5.14 Å². The highest BCUT2D eigenvalue weighted by Gasteiger charge is 2.22. The molecule has 0 unspecified atom stereocenters.